The third kappa shape index (κ3) is 6.01. The highest BCUT2D eigenvalue weighted by Crippen LogP contribution is 2.41. The lowest BCUT2D eigenvalue weighted by atomic mass is 10.1. The quantitative estimate of drug-likeness (QED) is 0.173. The molecule has 1 aliphatic rings. The van der Waals surface area contributed by atoms with Gasteiger partial charge in [-0.3, -0.25) is 5.41 Å². The van der Waals surface area contributed by atoms with Crippen molar-refractivity contribution in [3.63, 3.8) is 0 Å². The van der Waals surface area contributed by atoms with E-state index in [4.69, 9.17) is 34.8 Å². The van der Waals surface area contributed by atoms with E-state index in [1.54, 1.807) is 14.0 Å². The Balaban J connectivity index is 1.75. The fourth-order valence-electron chi connectivity index (χ4n) is 3.71. The Kier molecular flexibility index (Phi) is 8.44. The molecule has 6 N–H and O–H groups in total. The van der Waals surface area contributed by atoms with Crippen molar-refractivity contribution < 1.29 is 47.8 Å². The molecular weight excluding hydrogens is 524 g/mol. The number of hydrogen-bond donors (Lipinski definition) is 5. The molecule has 15 heteroatoms. The molecule has 0 aliphatic carbocycles. The summed E-state index contributed by atoms with van der Waals surface area (Å²) < 4.78 is 60.3. The minimum atomic E-state index is -1.39. The second kappa shape index (κ2) is 11.8. The number of rotatable bonds is 11. The number of aryl methyl sites for hydroxylation is 1. The number of nitrogens with one attached hydrogen (secondary N) is 1. The molecule has 4 atom stereocenters. The second-order valence-electron chi connectivity index (χ2n) is 8.44. The molecule has 0 radical (unpaired) electrons. The Morgan fingerprint density at radius 1 is 1.28 bits per heavy atom. The molecule has 0 saturated carbocycles. The van der Waals surface area contributed by atoms with Crippen molar-refractivity contribution in [3.05, 3.63) is 47.8 Å². The number of aromatic hydroxyl groups is 1. The van der Waals surface area contributed by atoms with Gasteiger partial charge in [0.25, 0.3) is 11.8 Å². The zero-order chi connectivity index (χ0) is 28.3. The number of nitrogens with two attached hydrogens (primary N) is 1. The number of benzene rings is 1. The molecule has 0 bridgehead atoms. The average Bonchev–Trinajstić information content (AvgIpc) is 3.50. The highest BCUT2D eigenvalue weighted by atomic mass is 19.1. The molecule has 1 saturated heterocycles. The van der Waals surface area contributed by atoms with Crippen molar-refractivity contribution in [2.45, 2.75) is 37.9 Å². The SMILES string of the molecule is CCOC1OC(C(O)CO)CC1Oc1c(F)c(Oc2cc(C(=N)N)ccc2O)nc(Oc2nccn2C)c1F. The number of nitrogen functional groups attached to an aromatic ring is 1. The third-order valence-electron chi connectivity index (χ3n) is 5.71. The van der Waals surface area contributed by atoms with Gasteiger partial charge >= 0.3 is 6.01 Å². The fraction of sp³-hybridized carbons (Fsp3) is 0.375. The minimum Gasteiger partial charge on any atom is -0.504 e. The van der Waals surface area contributed by atoms with E-state index in [2.05, 4.69) is 9.97 Å². The van der Waals surface area contributed by atoms with E-state index in [-0.39, 0.29) is 36.2 Å². The minimum absolute atomic E-state index is 0.0826. The van der Waals surface area contributed by atoms with Crippen LogP contribution in [0.2, 0.25) is 0 Å². The Morgan fingerprint density at radius 2 is 2.00 bits per heavy atom. The summed E-state index contributed by atoms with van der Waals surface area (Å²) in [6, 6.07) is 3.59. The number of nitrogens with zero attached hydrogens (tertiary/aromatic N) is 3. The smallest absolute Gasteiger partial charge is 0.302 e. The van der Waals surface area contributed by atoms with Crippen molar-refractivity contribution in [2.75, 3.05) is 13.2 Å². The van der Waals surface area contributed by atoms with Gasteiger partial charge in [-0.05, 0) is 25.1 Å². The van der Waals surface area contributed by atoms with E-state index < -0.39 is 66.1 Å². The number of phenolic OH excluding ortho intramolecular Hbond substituents is 1. The van der Waals surface area contributed by atoms with Crippen LogP contribution in [0.4, 0.5) is 8.78 Å². The van der Waals surface area contributed by atoms with Crippen molar-refractivity contribution in [1.29, 1.82) is 5.41 Å². The first-order chi connectivity index (χ1) is 18.6. The molecule has 4 rings (SSSR count). The van der Waals surface area contributed by atoms with Gasteiger partial charge < -0.3 is 49.3 Å². The Bertz CT molecular complexity index is 1340. The van der Waals surface area contributed by atoms with E-state index in [0.29, 0.717) is 0 Å². The van der Waals surface area contributed by atoms with Gasteiger partial charge in [0.05, 0.1) is 12.7 Å². The van der Waals surface area contributed by atoms with Crippen LogP contribution in [0.15, 0.2) is 30.6 Å². The largest absolute Gasteiger partial charge is 0.504 e. The first kappa shape index (κ1) is 28.0. The summed E-state index contributed by atoms with van der Waals surface area (Å²) in [7, 11) is 1.57. The molecular formula is C24H27F2N5O8. The van der Waals surface area contributed by atoms with Crippen LogP contribution in [0.25, 0.3) is 0 Å². The maximum atomic E-state index is 15.7. The second-order valence-corrected chi connectivity index (χ2v) is 8.44. The molecule has 1 aromatic carbocycles. The lowest BCUT2D eigenvalue weighted by molar-refractivity contribution is -0.174. The van der Waals surface area contributed by atoms with Crippen molar-refractivity contribution >= 4 is 5.84 Å². The van der Waals surface area contributed by atoms with E-state index in [1.807, 2.05) is 0 Å². The fourth-order valence-corrected chi connectivity index (χ4v) is 3.71. The van der Waals surface area contributed by atoms with Crippen LogP contribution in [0.3, 0.4) is 0 Å². The first-order valence-corrected chi connectivity index (χ1v) is 11.7. The van der Waals surface area contributed by atoms with E-state index in [1.165, 1.54) is 35.2 Å². The average molecular weight is 552 g/mol. The predicted octanol–water partition coefficient (Wildman–Crippen LogP) is 1.92. The van der Waals surface area contributed by atoms with Crippen LogP contribution in [0, 0.1) is 17.0 Å². The summed E-state index contributed by atoms with van der Waals surface area (Å²) in [5.74, 6) is -6.44. The van der Waals surface area contributed by atoms with Gasteiger partial charge in [0.1, 0.15) is 11.9 Å². The number of pyridine rings is 1. The van der Waals surface area contributed by atoms with Gasteiger partial charge in [0, 0.05) is 38.0 Å². The van der Waals surface area contributed by atoms with E-state index >= 15 is 8.78 Å². The lowest BCUT2D eigenvalue weighted by Crippen LogP contribution is -2.30. The summed E-state index contributed by atoms with van der Waals surface area (Å²) in [5, 5.41) is 37.1. The van der Waals surface area contributed by atoms with Gasteiger partial charge in [-0.25, -0.2) is 4.98 Å². The van der Waals surface area contributed by atoms with Gasteiger partial charge in [-0.15, -0.1) is 0 Å². The summed E-state index contributed by atoms with van der Waals surface area (Å²) in [6.07, 6.45) is -1.65. The first-order valence-electron chi connectivity index (χ1n) is 11.7. The van der Waals surface area contributed by atoms with Gasteiger partial charge in [0.2, 0.25) is 17.4 Å². The predicted molar refractivity (Wildman–Crippen MR) is 129 cm³/mol. The van der Waals surface area contributed by atoms with Crippen LogP contribution in [-0.4, -0.2) is 73.5 Å². The normalized spacial score (nSPS) is 19.6. The molecule has 13 nitrogen and oxygen atoms in total. The molecule has 3 heterocycles. The number of aromatic nitrogens is 3. The lowest BCUT2D eigenvalue weighted by Gasteiger charge is -2.21. The molecule has 3 aromatic rings. The Morgan fingerprint density at radius 3 is 2.62 bits per heavy atom. The Labute approximate surface area is 220 Å². The zero-order valence-electron chi connectivity index (χ0n) is 20.9. The van der Waals surface area contributed by atoms with E-state index in [0.717, 1.165) is 0 Å². The number of aliphatic hydroxyl groups is 2. The number of ether oxygens (including phenoxy) is 5. The molecule has 1 aliphatic heterocycles. The maximum absolute atomic E-state index is 15.7. The topological polar surface area (TPSA) is 187 Å². The maximum Gasteiger partial charge on any atom is 0.302 e. The standard InChI is InChI=1S/C24H27F2N5O8/c1-3-35-23-16(9-15(38-23)13(34)10-32)36-19-17(25)21(37-14-8-11(20(27)28)4-5-12(14)33)30-22(18(19)26)39-24-29-6-7-31(24)2/h4-8,13,15-16,23,32-34H,3,9-10H2,1-2H3,(H3,27,28). The van der Waals surface area contributed by atoms with Crippen LogP contribution < -0.4 is 19.9 Å². The van der Waals surface area contributed by atoms with Crippen LogP contribution in [-0.2, 0) is 16.5 Å². The summed E-state index contributed by atoms with van der Waals surface area (Å²) in [4.78, 5) is 7.72. The van der Waals surface area contributed by atoms with Gasteiger partial charge in [-0.1, -0.05) is 0 Å². The molecule has 0 spiro atoms. The summed E-state index contributed by atoms with van der Waals surface area (Å²) in [6.45, 7) is 1.20. The van der Waals surface area contributed by atoms with E-state index in [9.17, 15) is 15.3 Å². The zero-order valence-corrected chi connectivity index (χ0v) is 20.9. The number of amidine groups is 1. The monoisotopic (exact) mass is 551 g/mol. The van der Waals surface area contributed by atoms with Crippen LogP contribution in [0.5, 0.6) is 35.0 Å². The number of halogens is 2. The van der Waals surface area contributed by atoms with Gasteiger partial charge in [-0.2, -0.15) is 13.8 Å². The highest BCUT2D eigenvalue weighted by Gasteiger charge is 2.42. The van der Waals surface area contributed by atoms with Crippen LogP contribution >= 0.6 is 0 Å². The van der Waals surface area contributed by atoms with Crippen molar-refractivity contribution in [1.82, 2.24) is 14.5 Å². The number of phenols is 1. The summed E-state index contributed by atoms with van der Waals surface area (Å²) >= 11 is 0. The molecule has 4 unspecified atom stereocenters. The number of hydrogen-bond acceptors (Lipinski definition) is 11. The highest BCUT2D eigenvalue weighted by molar-refractivity contribution is 5.95. The van der Waals surface area contributed by atoms with Crippen molar-refractivity contribution in [3.8, 4) is 35.0 Å². The summed E-state index contributed by atoms with van der Waals surface area (Å²) in [5.41, 5.74) is 5.64. The van der Waals surface area contributed by atoms with Gasteiger partial charge in [0.15, 0.2) is 23.9 Å². The van der Waals surface area contributed by atoms with Crippen molar-refractivity contribution in [2.24, 2.45) is 12.8 Å². The number of aliphatic hydroxyl groups excluding tert-OH is 2. The molecule has 1 fully saturated rings. The number of imidazole rings is 1. The molecule has 210 valence electrons. The molecule has 2 aromatic heterocycles. The molecule has 39 heavy (non-hydrogen) atoms. The van der Waals surface area contributed by atoms with Crippen LogP contribution in [0.1, 0.15) is 18.9 Å². The Hall–Kier alpha value is -4.05. The molecule has 0 amide bonds. The third-order valence-corrected chi connectivity index (χ3v) is 5.71.